The fourth-order valence-corrected chi connectivity index (χ4v) is 7.33. The standard InChI is InChI=1S/C40H24BrN/c41-35-22-16-28-13-21-34-39-30(15-19-32(35)38(28)39)24-37-40(34)33-20-14-29(26-9-5-2-6-10-26)23-36(33)42(37)31-17-11-27(12-18-31)25-7-3-1-4-8-25/h1-24H. The summed E-state index contributed by atoms with van der Waals surface area (Å²) in [6.07, 6.45) is 0. The molecule has 0 amide bonds. The van der Waals surface area contributed by atoms with Gasteiger partial charge in [-0.2, -0.15) is 0 Å². The van der Waals surface area contributed by atoms with Crippen LogP contribution in [0.2, 0.25) is 0 Å². The molecule has 9 aromatic rings. The van der Waals surface area contributed by atoms with Gasteiger partial charge in [0.05, 0.1) is 11.0 Å². The van der Waals surface area contributed by atoms with E-state index >= 15 is 0 Å². The number of aromatic nitrogens is 1. The molecule has 0 unspecified atom stereocenters. The number of hydrogen-bond acceptors (Lipinski definition) is 0. The van der Waals surface area contributed by atoms with Gasteiger partial charge in [-0.15, -0.1) is 0 Å². The van der Waals surface area contributed by atoms with Crippen molar-refractivity contribution in [3.8, 4) is 27.9 Å². The van der Waals surface area contributed by atoms with Gasteiger partial charge in [0, 0.05) is 20.9 Å². The molecule has 2 heteroatoms. The number of benzene rings is 8. The van der Waals surface area contributed by atoms with Gasteiger partial charge in [0.1, 0.15) is 0 Å². The highest BCUT2D eigenvalue weighted by Crippen LogP contribution is 2.45. The quantitative estimate of drug-likeness (QED) is 0.178. The first-order valence-corrected chi connectivity index (χ1v) is 15.1. The first-order chi connectivity index (χ1) is 20.7. The SMILES string of the molecule is Brc1ccc2ccc3c4c(ccc1c24)cc1c3c2ccc(-c3ccccc3)cc2n1-c1ccc(-c2ccccc2)cc1. The van der Waals surface area contributed by atoms with Crippen molar-refractivity contribution in [2.45, 2.75) is 0 Å². The predicted octanol–water partition coefficient (Wildman–Crippen LogP) is 11.8. The summed E-state index contributed by atoms with van der Waals surface area (Å²) in [5.41, 5.74) is 8.50. The van der Waals surface area contributed by atoms with Gasteiger partial charge in [-0.1, -0.05) is 131 Å². The zero-order valence-electron chi connectivity index (χ0n) is 22.7. The van der Waals surface area contributed by atoms with Gasteiger partial charge >= 0.3 is 0 Å². The summed E-state index contributed by atoms with van der Waals surface area (Å²) in [6, 6.07) is 53.2. The maximum Gasteiger partial charge on any atom is 0.0553 e. The average Bonchev–Trinajstić information content (AvgIpc) is 3.38. The molecule has 0 saturated heterocycles. The van der Waals surface area contributed by atoms with Crippen molar-refractivity contribution >= 4 is 70.1 Å². The van der Waals surface area contributed by atoms with Crippen molar-refractivity contribution in [3.63, 3.8) is 0 Å². The van der Waals surface area contributed by atoms with Crippen molar-refractivity contribution < 1.29 is 0 Å². The third-order valence-electron chi connectivity index (χ3n) is 8.80. The molecular weight excluding hydrogens is 574 g/mol. The third kappa shape index (κ3) is 3.42. The fraction of sp³-hybridized carbons (Fsp3) is 0. The summed E-state index contributed by atoms with van der Waals surface area (Å²) in [5.74, 6) is 0. The van der Waals surface area contributed by atoms with Crippen LogP contribution in [-0.2, 0) is 0 Å². The Kier molecular flexibility index (Phi) is 5.11. The van der Waals surface area contributed by atoms with Crippen molar-refractivity contribution in [1.29, 1.82) is 0 Å². The molecule has 196 valence electrons. The summed E-state index contributed by atoms with van der Waals surface area (Å²) in [5, 5.41) is 10.3. The second kappa shape index (κ2) is 9.04. The number of nitrogens with zero attached hydrogens (tertiary/aromatic N) is 1. The highest BCUT2D eigenvalue weighted by atomic mass is 79.9. The van der Waals surface area contributed by atoms with Crippen LogP contribution in [0.4, 0.5) is 0 Å². The normalized spacial score (nSPS) is 11.9. The van der Waals surface area contributed by atoms with Gasteiger partial charge in [-0.25, -0.2) is 0 Å². The molecule has 0 N–H and O–H groups in total. The molecule has 42 heavy (non-hydrogen) atoms. The molecule has 0 bridgehead atoms. The number of fused-ring (bicyclic) bond motifs is 4. The highest BCUT2D eigenvalue weighted by molar-refractivity contribution is 9.10. The lowest BCUT2D eigenvalue weighted by molar-refractivity contribution is 1.18. The second-order valence-electron chi connectivity index (χ2n) is 11.1. The van der Waals surface area contributed by atoms with E-state index in [-0.39, 0.29) is 0 Å². The minimum atomic E-state index is 1.14. The fourth-order valence-electron chi connectivity index (χ4n) is 6.86. The molecule has 0 spiro atoms. The zero-order chi connectivity index (χ0) is 27.8. The lowest BCUT2D eigenvalue weighted by Gasteiger charge is -2.14. The van der Waals surface area contributed by atoms with Crippen molar-refractivity contribution in [2.75, 3.05) is 0 Å². The maximum atomic E-state index is 3.81. The molecule has 1 heterocycles. The van der Waals surface area contributed by atoms with Gasteiger partial charge in [0.2, 0.25) is 0 Å². The van der Waals surface area contributed by atoms with Gasteiger partial charge in [0.15, 0.2) is 0 Å². The van der Waals surface area contributed by atoms with E-state index in [1.165, 1.54) is 76.4 Å². The van der Waals surface area contributed by atoms with Gasteiger partial charge < -0.3 is 4.57 Å². The lowest BCUT2D eigenvalue weighted by atomic mass is 9.92. The Labute approximate surface area is 251 Å². The molecule has 0 aliphatic rings. The molecule has 8 aromatic carbocycles. The molecule has 0 atom stereocenters. The van der Waals surface area contributed by atoms with Crippen LogP contribution in [0.3, 0.4) is 0 Å². The lowest BCUT2D eigenvalue weighted by Crippen LogP contribution is -1.94. The molecule has 0 aliphatic carbocycles. The van der Waals surface area contributed by atoms with E-state index in [1.54, 1.807) is 0 Å². The topological polar surface area (TPSA) is 4.93 Å². The van der Waals surface area contributed by atoms with E-state index in [2.05, 4.69) is 166 Å². The predicted molar refractivity (Wildman–Crippen MR) is 183 cm³/mol. The molecule has 1 nitrogen and oxygen atoms in total. The maximum absolute atomic E-state index is 3.81. The summed E-state index contributed by atoms with van der Waals surface area (Å²) < 4.78 is 3.59. The minimum absolute atomic E-state index is 1.14. The summed E-state index contributed by atoms with van der Waals surface area (Å²) in [4.78, 5) is 0. The van der Waals surface area contributed by atoms with E-state index in [4.69, 9.17) is 0 Å². The van der Waals surface area contributed by atoms with Crippen LogP contribution in [0.15, 0.2) is 150 Å². The van der Waals surface area contributed by atoms with Crippen molar-refractivity contribution in [1.82, 2.24) is 4.57 Å². The Balaban J connectivity index is 1.40. The Morgan fingerprint density at radius 2 is 0.952 bits per heavy atom. The van der Waals surface area contributed by atoms with Crippen LogP contribution >= 0.6 is 15.9 Å². The summed E-state index contributed by atoms with van der Waals surface area (Å²) in [7, 11) is 0. The molecular formula is C40H24BrN. The van der Waals surface area contributed by atoms with Crippen LogP contribution in [0.25, 0.3) is 82.1 Å². The van der Waals surface area contributed by atoms with Crippen molar-refractivity contribution in [2.24, 2.45) is 0 Å². The smallest absolute Gasteiger partial charge is 0.0553 e. The number of halogens is 1. The first kappa shape index (κ1) is 23.8. The summed E-state index contributed by atoms with van der Waals surface area (Å²) in [6.45, 7) is 0. The van der Waals surface area contributed by atoms with Gasteiger partial charge in [0.25, 0.3) is 0 Å². The number of rotatable bonds is 3. The minimum Gasteiger partial charge on any atom is -0.309 e. The van der Waals surface area contributed by atoms with Crippen LogP contribution in [0.1, 0.15) is 0 Å². The Hall–Kier alpha value is -4.92. The van der Waals surface area contributed by atoms with Crippen LogP contribution in [0.5, 0.6) is 0 Å². The molecule has 0 aliphatic heterocycles. The third-order valence-corrected chi connectivity index (χ3v) is 9.49. The molecule has 0 radical (unpaired) electrons. The molecule has 9 rings (SSSR count). The van der Waals surface area contributed by atoms with Gasteiger partial charge in [-0.3, -0.25) is 0 Å². The van der Waals surface area contributed by atoms with Crippen molar-refractivity contribution in [3.05, 3.63) is 150 Å². The molecule has 1 aromatic heterocycles. The Bertz CT molecular complexity index is 2440. The van der Waals surface area contributed by atoms with E-state index < -0.39 is 0 Å². The Morgan fingerprint density at radius 1 is 0.381 bits per heavy atom. The first-order valence-electron chi connectivity index (χ1n) is 14.3. The van der Waals surface area contributed by atoms with E-state index in [0.717, 1.165) is 10.2 Å². The monoisotopic (exact) mass is 597 g/mol. The second-order valence-corrected chi connectivity index (χ2v) is 11.9. The molecule has 0 saturated carbocycles. The highest BCUT2D eigenvalue weighted by Gasteiger charge is 2.19. The van der Waals surface area contributed by atoms with Crippen LogP contribution in [0, 0.1) is 0 Å². The molecule has 0 fully saturated rings. The largest absolute Gasteiger partial charge is 0.309 e. The van der Waals surface area contributed by atoms with Crippen LogP contribution < -0.4 is 0 Å². The van der Waals surface area contributed by atoms with E-state index in [1.807, 2.05) is 0 Å². The summed E-state index contributed by atoms with van der Waals surface area (Å²) >= 11 is 3.81. The van der Waals surface area contributed by atoms with Gasteiger partial charge in [-0.05, 0) is 84.9 Å². The zero-order valence-corrected chi connectivity index (χ0v) is 24.3. The van der Waals surface area contributed by atoms with E-state index in [0.29, 0.717) is 0 Å². The van der Waals surface area contributed by atoms with Crippen LogP contribution in [-0.4, -0.2) is 4.57 Å². The van der Waals surface area contributed by atoms with E-state index in [9.17, 15) is 0 Å². The Morgan fingerprint density at radius 3 is 1.71 bits per heavy atom. The average molecular weight is 599 g/mol. The number of hydrogen-bond donors (Lipinski definition) is 0.